The van der Waals surface area contributed by atoms with E-state index in [0.29, 0.717) is 24.2 Å². The summed E-state index contributed by atoms with van der Waals surface area (Å²) in [5.41, 5.74) is -0.939. The molecule has 1 atom stereocenters. The minimum atomic E-state index is -0.752. The number of Topliss-reactive ketones (excluding diaryl/α,β-unsaturated/α-hetero) is 1. The summed E-state index contributed by atoms with van der Waals surface area (Å²) in [5.74, 6) is -1.38. The zero-order chi connectivity index (χ0) is 24.0. The van der Waals surface area contributed by atoms with Crippen LogP contribution in [0, 0.1) is 12.8 Å². The summed E-state index contributed by atoms with van der Waals surface area (Å²) in [6, 6.07) is 0. The molecule has 1 aliphatic heterocycles. The predicted molar refractivity (Wildman–Crippen MR) is 121 cm³/mol. The molecule has 32 heavy (non-hydrogen) atoms. The zero-order valence-corrected chi connectivity index (χ0v) is 19.3. The van der Waals surface area contributed by atoms with E-state index in [2.05, 4.69) is 0 Å². The standard InChI is InChI=1S/C25H30O7/c1-7-12(3)19(26)18-21(28)14-9-10-25(5,6)32-23(14)15(22(18)29)11-16-20(27)13(4)17(8-2)31-24(16)30/h9-10,12,27-29H,7-8,11H2,1-6H3. The molecule has 0 saturated carbocycles. The minimum Gasteiger partial charge on any atom is -0.507 e. The van der Waals surface area contributed by atoms with Crippen molar-refractivity contribution in [2.24, 2.45) is 5.92 Å². The van der Waals surface area contributed by atoms with E-state index in [1.54, 1.807) is 39.8 Å². The van der Waals surface area contributed by atoms with Gasteiger partial charge in [-0.05, 0) is 39.3 Å². The van der Waals surface area contributed by atoms with Gasteiger partial charge in [-0.25, -0.2) is 4.79 Å². The van der Waals surface area contributed by atoms with Crippen LogP contribution in [0.15, 0.2) is 15.3 Å². The summed E-state index contributed by atoms with van der Waals surface area (Å²) in [5, 5.41) is 32.7. The SMILES string of the molecule is CCc1oc(=O)c(Cc2c(O)c(C(=O)C(C)CC)c(O)c3c2OC(C)(C)C=C3)c(O)c1C. The highest BCUT2D eigenvalue weighted by Gasteiger charge is 2.34. The maximum absolute atomic E-state index is 13.0. The Morgan fingerprint density at radius 1 is 1.09 bits per heavy atom. The molecule has 172 valence electrons. The first-order valence-electron chi connectivity index (χ1n) is 10.8. The van der Waals surface area contributed by atoms with Gasteiger partial charge in [0, 0.05) is 29.9 Å². The van der Waals surface area contributed by atoms with Gasteiger partial charge in [0.2, 0.25) is 0 Å². The number of carbonyl (C=O) groups is 1. The Morgan fingerprint density at radius 2 is 1.75 bits per heavy atom. The zero-order valence-electron chi connectivity index (χ0n) is 19.3. The fourth-order valence-corrected chi connectivity index (χ4v) is 3.83. The average Bonchev–Trinajstić information content (AvgIpc) is 2.74. The Bertz CT molecular complexity index is 1170. The molecule has 7 heteroatoms. The highest BCUT2D eigenvalue weighted by atomic mass is 16.5. The van der Waals surface area contributed by atoms with E-state index in [-0.39, 0.29) is 45.9 Å². The fraction of sp³-hybridized carbons (Fsp3) is 0.440. The summed E-state index contributed by atoms with van der Waals surface area (Å²) >= 11 is 0. The van der Waals surface area contributed by atoms with Crippen molar-refractivity contribution in [1.29, 1.82) is 0 Å². The normalized spacial score (nSPS) is 15.2. The Labute approximate surface area is 187 Å². The van der Waals surface area contributed by atoms with Gasteiger partial charge in [0.25, 0.3) is 0 Å². The van der Waals surface area contributed by atoms with E-state index in [1.165, 1.54) is 0 Å². The molecule has 1 aliphatic rings. The molecule has 0 aliphatic carbocycles. The van der Waals surface area contributed by atoms with E-state index in [9.17, 15) is 24.9 Å². The Morgan fingerprint density at radius 3 is 2.34 bits per heavy atom. The van der Waals surface area contributed by atoms with Gasteiger partial charge in [-0.1, -0.05) is 20.8 Å². The van der Waals surface area contributed by atoms with Crippen LogP contribution in [0.3, 0.4) is 0 Å². The van der Waals surface area contributed by atoms with Crippen LogP contribution in [-0.2, 0) is 12.8 Å². The molecule has 7 nitrogen and oxygen atoms in total. The number of aromatic hydroxyl groups is 3. The summed E-state index contributed by atoms with van der Waals surface area (Å²) in [6.45, 7) is 10.6. The largest absolute Gasteiger partial charge is 0.507 e. The number of ether oxygens (including phenoxy) is 1. The maximum atomic E-state index is 13.0. The summed E-state index contributed by atoms with van der Waals surface area (Å²) < 4.78 is 11.4. The van der Waals surface area contributed by atoms with Gasteiger partial charge >= 0.3 is 5.63 Å². The molecule has 1 aromatic carbocycles. The van der Waals surface area contributed by atoms with Crippen LogP contribution in [-0.4, -0.2) is 26.7 Å². The molecule has 0 bridgehead atoms. The lowest BCUT2D eigenvalue weighted by Gasteiger charge is -2.31. The fourth-order valence-electron chi connectivity index (χ4n) is 3.83. The first-order valence-corrected chi connectivity index (χ1v) is 10.8. The molecule has 0 fully saturated rings. The van der Waals surface area contributed by atoms with Crippen molar-refractivity contribution >= 4 is 11.9 Å². The molecule has 0 amide bonds. The number of hydrogen-bond donors (Lipinski definition) is 3. The summed E-state index contributed by atoms with van der Waals surface area (Å²) in [6.07, 6.45) is 4.09. The molecular formula is C25H30O7. The lowest BCUT2D eigenvalue weighted by atomic mass is 9.87. The van der Waals surface area contributed by atoms with E-state index < -0.39 is 28.7 Å². The van der Waals surface area contributed by atoms with Crippen molar-refractivity contribution in [3.8, 4) is 23.0 Å². The average molecular weight is 443 g/mol. The van der Waals surface area contributed by atoms with Crippen LogP contribution in [0.2, 0.25) is 0 Å². The topological polar surface area (TPSA) is 117 Å². The van der Waals surface area contributed by atoms with Gasteiger partial charge < -0.3 is 24.5 Å². The summed E-state index contributed by atoms with van der Waals surface area (Å²) in [4.78, 5) is 25.6. The van der Waals surface area contributed by atoms with Gasteiger partial charge in [-0.3, -0.25) is 4.79 Å². The van der Waals surface area contributed by atoms with Crippen molar-refractivity contribution < 1.29 is 29.3 Å². The lowest BCUT2D eigenvalue weighted by molar-refractivity contribution is 0.0921. The number of phenolic OH excluding ortho intramolecular Hbond substituents is 2. The number of ketones is 1. The van der Waals surface area contributed by atoms with Crippen molar-refractivity contribution in [3.05, 3.63) is 50.1 Å². The molecule has 3 rings (SSSR count). The first kappa shape index (κ1) is 23.4. The number of phenols is 2. The van der Waals surface area contributed by atoms with E-state index in [1.807, 2.05) is 13.8 Å². The van der Waals surface area contributed by atoms with Gasteiger partial charge in [-0.2, -0.15) is 0 Å². The van der Waals surface area contributed by atoms with Crippen molar-refractivity contribution in [1.82, 2.24) is 0 Å². The van der Waals surface area contributed by atoms with E-state index in [4.69, 9.17) is 9.15 Å². The van der Waals surface area contributed by atoms with Crippen LogP contribution in [0.25, 0.3) is 6.08 Å². The van der Waals surface area contributed by atoms with Crippen LogP contribution in [0.4, 0.5) is 0 Å². The molecule has 1 unspecified atom stereocenters. The van der Waals surface area contributed by atoms with E-state index >= 15 is 0 Å². The molecule has 1 aromatic heterocycles. The molecule has 0 saturated heterocycles. The van der Waals surface area contributed by atoms with Gasteiger partial charge in [-0.15, -0.1) is 0 Å². The van der Waals surface area contributed by atoms with Gasteiger partial charge in [0.15, 0.2) is 5.78 Å². The molecule has 0 spiro atoms. The number of hydrogen-bond acceptors (Lipinski definition) is 7. The van der Waals surface area contributed by atoms with Crippen molar-refractivity contribution in [3.63, 3.8) is 0 Å². The minimum absolute atomic E-state index is 0.0548. The van der Waals surface area contributed by atoms with Gasteiger partial charge in [0.05, 0.1) is 11.1 Å². The highest BCUT2D eigenvalue weighted by Crippen LogP contribution is 2.48. The maximum Gasteiger partial charge on any atom is 0.343 e. The van der Waals surface area contributed by atoms with E-state index in [0.717, 1.165) is 0 Å². The quantitative estimate of drug-likeness (QED) is 0.558. The Hall–Kier alpha value is -3.22. The number of rotatable bonds is 6. The van der Waals surface area contributed by atoms with Gasteiger partial charge in [0.1, 0.15) is 39.9 Å². The molecular weight excluding hydrogens is 412 g/mol. The molecule has 2 heterocycles. The number of carbonyl (C=O) groups excluding carboxylic acids is 1. The van der Waals surface area contributed by atoms with Crippen LogP contribution in [0.1, 0.15) is 79.4 Å². The third-order valence-corrected chi connectivity index (χ3v) is 6.05. The molecule has 2 aromatic rings. The molecule has 3 N–H and O–H groups in total. The second kappa shape index (κ2) is 8.37. The third-order valence-electron chi connectivity index (χ3n) is 6.05. The second-order valence-corrected chi connectivity index (χ2v) is 8.80. The third kappa shape index (κ3) is 3.87. The Balaban J connectivity index is 2.31. The van der Waals surface area contributed by atoms with Crippen LogP contribution >= 0.6 is 0 Å². The van der Waals surface area contributed by atoms with Crippen LogP contribution < -0.4 is 10.4 Å². The van der Waals surface area contributed by atoms with Crippen LogP contribution in [0.5, 0.6) is 23.0 Å². The highest BCUT2D eigenvalue weighted by molar-refractivity contribution is 6.04. The second-order valence-electron chi connectivity index (χ2n) is 8.80. The smallest absolute Gasteiger partial charge is 0.343 e. The molecule has 0 radical (unpaired) electrons. The first-order chi connectivity index (χ1) is 14.9. The number of aryl methyl sites for hydroxylation is 1. The predicted octanol–water partition coefficient (Wildman–Crippen LogP) is 4.63. The number of benzene rings is 1. The Kier molecular flexibility index (Phi) is 6.13. The summed E-state index contributed by atoms with van der Waals surface area (Å²) in [7, 11) is 0. The van der Waals surface area contributed by atoms with Crippen molar-refractivity contribution in [2.75, 3.05) is 0 Å². The number of fused-ring (bicyclic) bond motifs is 1. The monoisotopic (exact) mass is 442 g/mol. The van der Waals surface area contributed by atoms with Crippen molar-refractivity contribution in [2.45, 2.75) is 66.4 Å². The lowest BCUT2D eigenvalue weighted by Crippen LogP contribution is -2.29.